The van der Waals surface area contributed by atoms with Gasteiger partial charge in [0.1, 0.15) is 5.00 Å². The molecule has 0 atom stereocenters. The van der Waals surface area contributed by atoms with Crippen LogP contribution in [0.2, 0.25) is 0 Å². The van der Waals surface area contributed by atoms with Gasteiger partial charge < -0.3 is 10.6 Å². The first-order valence-electron chi connectivity index (χ1n) is 10.7. The number of aromatic nitrogens is 4. The van der Waals surface area contributed by atoms with Crippen LogP contribution >= 0.6 is 11.5 Å². The van der Waals surface area contributed by atoms with Gasteiger partial charge in [-0.15, -0.1) is 0 Å². The summed E-state index contributed by atoms with van der Waals surface area (Å²) in [5.74, 6) is 0.733. The summed E-state index contributed by atoms with van der Waals surface area (Å²) in [5.41, 5.74) is 4.85. The predicted molar refractivity (Wildman–Crippen MR) is 131 cm³/mol. The first-order valence-corrected chi connectivity index (χ1v) is 11.4. The lowest BCUT2D eigenvalue weighted by atomic mass is 10.1. The number of nitrogens with zero attached hydrogens (tertiary/aromatic N) is 5. The Morgan fingerprint density at radius 2 is 2.06 bits per heavy atom. The molecule has 0 aliphatic rings. The maximum atomic E-state index is 4.80. The van der Waals surface area contributed by atoms with E-state index < -0.39 is 0 Å². The lowest BCUT2D eigenvalue weighted by Gasteiger charge is -2.34. The summed E-state index contributed by atoms with van der Waals surface area (Å²) >= 11 is 1.45. The summed E-state index contributed by atoms with van der Waals surface area (Å²) in [6.45, 7) is 16.7. The van der Waals surface area contributed by atoms with Crippen LogP contribution < -0.4 is 10.6 Å². The first-order chi connectivity index (χ1) is 14.8. The van der Waals surface area contributed by atoms with Crippen LogP contribution in [0.15, 0.2) is 37.3 Å². The zero-order valence-electron chi connectivity index (χ0n) is 19.4. The van der Waals surface area contributed by atoms with Crippen molar-refractivity contribution in [3.63, 3.8) is 0 Å². The number of imidazole rings is 1. The highest BCUT2D eigenvalue weighted by Crippen LogP contribution is 2.27. The molecule has 0 unspecified atom stereocenters. The van der Waals surface area contributed by atoms with Gasteiger partial charge in [-0.3, -0.25) is 9.30 Å². The van der Waals surface area contributed by atoms with E-state index >= 15 is 0 Å². The number of fused-ring (bicyclic) bond motifs is 1. The summed E-state index contributed by atoms with van der Waals surface area (Å²) in [5, 5.41) is 7.49. The number of anilines is 2. The first kappa shape index (κ1) is 23.0. The summed E-state index contributed by atoms with van der Waals surface area (Å²) in [6.07, 6.45) is 8.46. The molecule has 0 amide bonds. The third-order valence-corrected chi connectivity index (χ3v) is 5.95. The maximum absolute atomic E-state index is 4.80. The van der Waals surface area contributed by atoms with E-state index in [2.05, 4.69) is 76.6 Å². The lowest BCUT2D eigenvalue weighted by molar-refractivity contribution is 0.135. The zero-order valence-corrected chi connectivity index (χ0v) is 20.2. The number of hydrogen-bond acceptors (Lipinski definition) is 7. The number of hydrogen-bond donors (Lipinski definition) is 2. The average Bonchev–Trinajstić information content (AvgIpc) is 3.36. The van der Waals surface area contributed by atoms with Crippen molar-refractivity contribution >= 4 is 33.6 Å². The fourth-order valence-electron chi connectivity index (χ4n) is 3.48. The van der Waals surface area contributed by atoms with Crippen molar-refractivity contribution in [1.29, 1.82) is 0 Å². The van der Waals surface area contributed by atoms with Gasteiger partial charge in [0, 0.05) is 37.1 Å². The van der Waals surface area contributed by atoms with Crippen molar-refractivity contribution < 1.29 is 0 Å². The van der Waals surface area contributed by atoms with Crippen LogP contribution in [0.1, 0.15) is 51.7 Å². The summed E-state index contributed by atoms with van der Waals surface area (Å²) in [7, 11) is 1.87. The Morgan fingerprint density at radius 1 is 1.29 bits per heavy atom. The number of rotatable bonds is 9. The molecule has 0 radical (unpaired) electrons. The third-order valence-electron chi connectivity index (χ3n) is 5.20. The van der Waals surface area contributed by atoms with Crippen molar-refractivity contribution in [3.05, 3.63) is 54.4 Å². The van der Waals surface area contributed by atoms with Gasteiger partial charge in [-0.05, 0) is 51.3 Å². The quantitative estimate of drug-likeness (QED) is 0.464. The topological polar surface area (TPSA) is 70.4 Å². The maximum Gasteiger partial charge on any atom is 0.180 e. The second kappa shape index (κ2) is 9.62. The van der Waals surface area contributed by atoms with Crippen LogP contribution in [0, 0.1) is 0 Å². The molecule has 0 aromatic carbocycles. The summed E-state index contributed by atoms with van der Waals surface area (Å²) < 4.78 is 6.73. The zero-order chi connectivity index (χ0) is 22.6. The molecular weight excluding hydrogens is 406 g/mol. The monoisotopic (exact) mass is 439 g/mol. The Balaban J connectivity index is 1.94. The van der Waals surface area contributed by atoms with Crippen molar-refractivity contribution in [2.45, 2.75) is 53.1 Å². The Bertz CT molecular complexity index is 1070. The SMILES string of the molecule is C=C/C(=C\NC)c1cnc2c(Nc3cc(CN(CC)C(C)(C)C)ns3)nc(CC)cn12. The Labute approximate surface area is 189 Å². The highest BCUT2D eigenvalue weighted by molar-refractivity contribution is 7.10. The molecule has 7 nitrogen and oxygen atoms in total. The van der Waals surface area contributed by atoms with Crippen LogP contribution in [0.3, 0.4) is 0 Å². The Hall–Kier alpha value is -2.71. The average molecular weight is 440 g/mol. The molecule has 0 aliphatic heterocycles. The van der Waals surface area contributed by atoms with Gasteiger partial charge in [0.05, 0.1) is 23.3 Å². The second-order valence-electron chi connectivity index (χ2n) is 8.36. The highest BCUT2D eigenvalue weighted by atomic mass is 32.1. The van der Waals surface area contributed by atoms with Crippen LogP contribution in [-0.2, 0) is 13.0 Å². The molecule has 2 N–H and O–H groups in total. The fraction of sp³-hybridized carbons (Fsp3) is 0.435. The Morgan fingerprint density at radius 3 is 2.68 bits per heavy atom. The largest absolute Gasteiger partial charge is 0.393 e. The van der Waals surface area contributed by atoms with Crippen molar-refractivity contribution in [1.82, 2.24) is 29.0 Å². The predicted octanol–water partition coefficient (Wildman–Crippen LogP) is 4.86. The minimum absolute atomic E-state index is 0.102. The van der Waals surface area contributed by atoms with E-state index in [9.17, 15) is 0 Å². The van der Waals surface area contributed by atoms with Gasteiger partial charge in [0.2, 0.25) is 0 Å². The lowest BCUT2D eigenvalue weighted by Crippen LogP contribution is -2.40. The van der Waals surface area contributed by atoms with Crippen LogP contribution in [0.25, 0.3) is 11.2 Å². The standard InChI is InChI=1S/C23H33N7S/c1-8-16(12-24-7)19-13-25-22-21(26-17(9-2)15-30(19)22)27-20-11-18(28-31-20)14-29(10-3)23(4,5)6/h8,11-13,15,24H,1,9-10,14H2,2-7H3,(H,26,27)/b16-12+. The van der Waals surface area contributed by atoms with E-state index in [1.54, 1.807) is 0 Å². The molecule has 0 aliphatic carbocycles. The van der Waals surface area contributed by atoms with E-state index in [0.717, 1.165) is 58.6 Å². The smallest absolute Gasteiger partial charge is 0.180 e. The minimum Gasteiger partial charge on any atom is -0.393 e. The molecule has 0 spiro atoms. The number of nitrogens with one attached hydrogen (secondary N) is 2. The molecule has 8 heteroatoms. The molecule has 3 rings (SSSR count). The summed E-state index contributed by atoms with van der Waals surface area (Å²) in [4.78, 5) is 11.8. The summed E-state index contributed by atoms with van der Waals surface area (Å²) in [6, 6.07) is 2.11. The van der Waals surface area contributed by atoms with Gasteiger partial charge in [-0.2, -0.15) is 4.37 Å². The van der Waals surface area contributed by atoms with Gasteiger partial charge in [-0.1, -0.05) is 26.5 Å². The van der Waals surface area contributed by atoms with Crippen LogP contribution in [-0.4, -0.2) is 42.8 Å². The van der Waals surface area contributed by atoms with Crippen LogP contribution in [0.4, 0.5) is 10.8 Å². The fourth-order valence-corrected chi connectivity index (χ4v) is 4.14. The van der Waals surface area contributed by atoms with E-state index in [1.807, 2.05) is 31.7 Å². The molecule has 0 fully saturated rings. The molecule has 0 saturated carbocycles. The molecule has 3 aromatic heterocycles. The number of aryl methyl sites for hydroxylation is 1. The molecule has 3 aromatic rings. The van der Waals surface area contributed by atoms with Crippen molar-refractivity contribution in [2.75, 3.05) is 18.9 Å². The van der Waals surface area contributed by atoms with Gasteiger partial charge >= 0.3 is 0 Å². The minimum atomic E-state index is 0.102. The van der Waals surface area contributed by atoms with E-state index in [4.69, 9.17) is 4.98 Å². The van der Waals surface area contributed by atoms with Gasteiger partial charge in [-0.25, -0.2) is 9.97 Å². The number of allylic oxidation sites excluding steroid dienone is 2. The highest BCUT2D eigenvalue weighted by Gasteiger charge is 2.21. The Kier molecular flexibility index (Phi) is 7.12. The van der Waals surface area contributed by atoms with Crippen LogP contribution in [0.5, 0.6) is 0 Å². The third kappa shape index (κ3) is 5.14. The molecule has 166 valence electrons. The van der Waals surface area contributed by atoms with Crippen molar-refractivity contribution in [3.8, 4) is 0 Å². The molecular formula is C23H33N7S. The van der Waals surface area contributed by atoms with E-state index in [-0.39, 0.29) is 5.54 Å². The normalized spacial score (nSPS) is 12.5. The van der Waals surface area contributed by atoms with Gasteiger partial charge in [0.25, 0.3) is 0 Å². The van der Waals surface area contributed by atoms with E-state index in [1.165, 1.54) is 11.5 Å². The molecule has 31 heavy (non-hydrogen) atoms. The van der Waals surface area contributed by atoms with Crippen molar-refractivity contribution in [2.24, 2.45) is 0 Å². The molecule has 3 heterocycles. The molecule has 0 saturated heterocycles. The molecule has 0 bridgehead atoms. The second-order valence-corrected chi connectivity index (χ2v) is 9.16. The van der Waals surface area contributed by atoms with E-state index in [0.29, 0.717) is 0 Å². The van der Waals surface area contributed by atoms with Gasteiger partial charge in [0.15, 0.2) is 11.5 Å².